The van der Waals surface area contributed by atoms with Crippen molar-refractivity contribution in [3.63, 3.8) is 0 Å². The molecular weight excluding hydrogens is 396 g/mol. The monoisotopic (exact) mass is 420 g/mol. The van der Waals surface area contributed by atoms with Crippen molar-refractivity contribution in [3.05, 3.63) is 0 Å². The summed E-state index contributed by atoms with van der Waals surface area (Å²) < 4.78 is 27.6. The highest BCUT2D eigenvalue weighted by Gasteiger charge is 2.41. The van der Waals surface area contributed by atoms with Crippen LogP contribution in [0.3, 0.4) is 0 Å². The first-order valence-corrected chi connectivity index (χ1v) is 8.24. The zero-order valence-corrected chi connectivity index (χ0v) is 16.8. The number of ether oxygens (including phenoxy) is 6. The molecule has 0 aromatic rings. The van der Waals surface area contributed by atoms with Crippen molar-refractivity contribution in [2.75, 3.05) is 28.4 Å². The van der Waals surface area contributed by atoms with E-state index in [0.717, 1.165) is 35.4 Å². The van der Waals surface area contributed by atoms with Crippen LogP contribution in [0, 0.1) is 0 Å². The third kappa shape index (κ3) is 9.04. The Labute approximate surface area is 166 Å². The Balaban J connectivity index is 4.89. The Kier molecular flexibility index (Phi) is 11.0. The van der Waals surface area contributed by atoms with Gasteiger partial charge in [0, 0.05) is 0 Å². The first kappa shape index (κ1) is 25.8. The van der Waals surface area contributed by atoms with Crippen LogP contribution >= 0.6 is 0 Å². The topological polar surface area (TPSA) is 158 Å². The fourth-order valence-electron chi connectivity index (χ4n) is 1.98. The van der Waals surface area contributed by atoms with E-state index < -0.39 is 73.2 Å². The summed E-state index contributed by atoms with van der Waals surface area (Å²) in [6, 6.07) is 0. The molecule has 0 aliphatic heterocycles. The molecule has 2 unspecified atom stereocenters. The average Bonchev–Trinajstić information content (AvgIpc) is 2.69. The van der Waals surface area contributed by atoms with Gasteiger partial charge in [-0.25, -0.2) is 9.59 Å². The van der Waals surface area contributed by atoms with Gasteiger partial charge >= 0.3 is 35.8 Å². The lowest BCUT2D eigenvalue weighted by Gasteiger charge is -2.25. The molecule has 12 heteroatoms. The summed E-state index contributed by atoms with van der Waals surface area (Å²) in [4.78, 5) is 70.0. The van der Waals surface area contributed by atoms with Crippen LogP contribution in [0.4, 0.5) is 0 Å². The second-order valence-electron chi connectivity index (χ2n) is 5.73. The van der Waals surface area contributed by atoms with Crippen LogP contribution in [0.15, 0.2) is 0 Å². The minimum Gasteiger partial charge on any atom is -0.469 e. The summed E-state index contributed by atoms with van der Waals surface area (Å²) in [5.74, 6) is -5.64. The van der Waals surface area contributed by atoms with Gasteiger partial charge in [0.25, 0.3) is 0 Å². The summed E-state index contributed by atoms with van der Waals surface area (Å²) >= 11 is 0. The van der Waals surface area contributed by atoms with Crippen molar-refractivity contribution in [1.82, 2.24) is 0 Å². The van der Waals surface area contributed by atoms with Gasteiger partial charge in [0.05, 0.1) is 54.1 Å². The van der Waals surface area contributed by atoms with Gasteiger partial charge < -0.3 is 28.4 Å². The zero-order valence-electron chi connectivity index (χ0n) is 16.8. The molecule has 29 heavy (non-hydrogen) atoms. The first-order chi connectivity index (χ1) is 13.5. The summed E-state index contributed by atoms with van der Waals surface area (Å²) in [7, 11) is 4.25. The van der Waals surface area contributed by atoms with Crippen LogP contribution in [0.1, 0.15) is 32.6 Å². The van der Waals surface area contributed by atoms with Crippen LogP contribution in [0.5, 0.6) is 0 Å². The minimum absolute atomic E-state index is 0.539. The molecule has 0 heterocycles. The van der Waals surface area contributed by atoms with E-state index in [2.05, 4.69) is 18.9 Å². The molecule has 0 aromatic carbocycles. The summed E-state index contributed by atoms with van der Waals surface area (Å²) in [5.41, 5.74) is -1.96. The number of hydrogen-bond donors (Lipinski definition) is 0. The molecule has 0 bridgehead atoms. The number of rotatable bonds is 11. The Morgan fingerprint density at radius 3 is 1.76 bits per heavy atom. The van der Waals surface area contributed by atoms with Gasteiger partial charge in [0.15, 0.2) is 0 Å². The molecule has 0 aliphatic rings. The molecule has 0 amide bonds. The van der Waals surface area contributed by atoms with E-state index in [1.165, 1.54) is 0 Å². The SMILES string of the molecule is COC(=O)CC(OC(=O)CCC(=O)OC(C)(CC(=O)OC)C(=O)OC)C(=O)OC. The molecule has 0 saturated heterocycles. The number of methoxy groups -OCH3 is 4. The lowest BCUT2D eigenvalue weighted by molar-refractivity contribution is -0.183. The molecule has 0 radical (unpaired) electrons. The molecule has 0 aromatic heterocycles. The van der Waals surface area contributed by atoms with Gasteiger partial charge in [0.2, 0.25) is 11.7 Å². The van der Waals surface area contributed by atoms with E-state index in [-0.39, 0.29) is 0 Å². The molecule has 2 atom stereocenters. The van der Waals surface area contributed by atoms with Crippen LogP contribution in [0.2, 0.25) is 0 Å². The lowest BCUT2D eigenvalue weighted by Crippen LogP contribution is -2.43. The second kappa shape index (κ2) is 12.3. The van der Waals surface area contributed by atoms with Crippen molar-refractivity contribution in [3.8, 4) is 0 Å². The van der Waals surface area contributed by atoms with E-state index in [1.807, 2.05) is 0 Å². The van der Waals surface area contributed by atoms with Crippen LogP contribution < -0.4 is 0 Å². The summed E-state index contributed by atoms with van der Waals surface area (Å²) in [6.45, 7) is 1.15. The lowest BCUT2D eigenvalue weighted by atomic mass is 10.0. The number of carbonyl (C=O) groups excluding carboxylic acids is 6. The molecular formula is C17H24O12. The highest BCUT2D eigenvalue weighted by atomic mass is 16.6. The van der Waals surface area contributed by atoms with Gasteiger partial charge in [-0.1, -0.05) is 0 Å². The van der Waals surface area contributed by atoms with Crippen molar-refractivity contribution >= 4 is 35.8 Å². The van der Waals surface area contributed by atoms with E-state index in [0.29, 0.717) is 0 Å². The molecule has 0 N–H and O–H groups in total. The molecule has 0 aliphatic carbocycles. The predicted molar refractivity (Wildman–Crippen MR) is 90.9 cm³/mol. The molecule has 164 valence electrons. The van der Waals surface area contributed by atoms with E-state index in [9.17, 15) is 28.8 Å². The number of hydrogen-bond acceptors (Lipinski definition) is 12. The van der Waals surface area contributed by atoms with Crippen molar-refractivity contribution in [1.29, 1.82) is 0 Å². The molecule has 0 rings (SSSR count). The van der Waals surface area contributed by atoms with Gasteiger partial charge in [-0.15, -0.1) is 0 Å². The average molecular weight is 420 g/mol. The van der Waals surface area contributed by atoms with Gasteiger partial charge in [-0.05, 0) is 6.92 Å². The summed E-state index contributed by atoms with van der Waals surface area (Å²) in [6.07, 6.45) is -3.80. The third-order valence-electron chi connectivity index (χ3n) is 3.52. The summed E-state index contributed by atoms with van der Waals surface area (Å²) in [5, 5.41) is 0. The van der Waals surface area contributed by atoms with E-state index >= 15 is 0 Å². The first-order valence-electron chi connectivity index (χ1n) is 8.24. The van der Waals surface area contributed by atoms with Crippen molar-refractivity contribution < 1.29 is 57.2 Å². The molecule has 0 spiro atoms. The molecule has 0 fully saturated rings. The Morgan fingerprint density at radius 1 is 0.724 bits per heavy atom. The maximum atomic E-state index is 12.0. The maximum absolute atomic E-state index is 12.0. The second-order valence-corrected chi connectivity index (χ2v) is 5.73. The van der Waals surface area contributed by atoms with Gasteiger partial charge in [0.1, 0.15) is 0 Å². The standard InChI is InChI=1S/C17H24O12/c1-17(16(23)27-5,9-14(21)25-3)29-12(19)7-6-11(18)28-10(15(22)26-4)8-13(20)24-2/h10H,6-9H2,1-5H3. The predicted octanol–water partition coefficient (Wildman–Crippen LogP) is -0.547. The Hall–Kier alpha value is -3.18. The van der Waals surface area contributed by atoms with Crippen LogP contribution in [-0.4, -0.2) is 76.0 Å². The highest BCUT2D eigenvalue weighted by Crippen LogP contribution is 2.20. The van der Waals surface area contributed by atoms with Crippen LogP contribution in [-0.2, 0) is 57.2 Å². The zero-order chi connectivity index (χ0) is 22.6. The number of esters is 6. The van der Waals surface area contributed by atoms with Crippen LogP contribution in [0.25, 0.3) is 0 Å². The fraction of sp³-hybridized carbons (Fsp3) is 0.647. The van der Waals surface area contributed by atoms with E-state index in [4.69, 9.17) is 9.47 Å². The maximum Gasteiger partial charge on any atom is 0.350 e. The fourth-order valence-corrected chi connectivity index (χ4v) is 1.98. The van der Waals surface area contributed by atoms with E-state index in [1.54, 1.807) is 0 Å². The third-order valence-corrected chi connectivity index (χ3v) is 3.52. The highest BCUT2D eigenvalue weighted by molar-refractivity contribution is 5.89. The largest absolute Gasteiger partial charge is 0.469 e. The Morgan fingerprint density at radius 2 is 1.28 bits per heavy atom. The van der Waals surface area contributed by atoms with Crippen molar-refractivity contribution in [2.45, 2.75) is 44.3 Å². The molecule has 12 nitrogen and oxygen atoms in total. The molecule has 0 saturated carbocycles. The Bertz CT molecular complexity index is 640. The van der Waals surface area contributed by atoms with Gasteiger partial charge in [-0.2, -0.15) is 0 Å². The van der Waals surface area contributed by atoms with Crippen molar-refractivity contribution in [2.24, 2.45) is 0 Å². The number of carbonyl (C=O) groups is 6. The minimum atomic E-state index is -1.96. The van der Waals surface area contributed by atoms with Gasteiger partial charge in [-0.3, -0.25) is 19.2 Å². The smallest absolute Gasteiger partial charge is 0.350 e. The quantitative estimate of drug-likeness (QED) is 0.311. The normalized spacial score (nSPS) is 13.1.